The van der Waals surface area contributed by atoms with Gasteiger partial charge in [0.05, 0.1) is 12.1 Å². The molecule has 1 aromatic heterocycles. The van der Waals surface area contributed by atoms with Crippen molar-refractivity contribution in [2.45, 2.75) is 38.9 Å². The highest BCUT2D eigenvalue weighted by atomic mass is 19.4. The van der Waals surface area contributed by atoms with Crippen LogP contribution < -0.4 is 0 Å². The van der Waals surface area contributed by atoms with E-state index >= 15 is 0 Å². The molecule has 1 saturated carbocycles. The van der Waals surface area contributed by atoms with Crippen LogP contribution in [0.5, 0.6) is 0 Å². The largest absolute Gasteiger partial charge is 0.416 e. The van der Waals surface area contributed by atoms with Gasteiger partial charge in [-0.25, -0.2) is 4.79 Å². The van der Waals surface area contributed by atoms with Crippen molar-refractivity contribution in [3.8, 4) is 5.69 Å². The van der Waals surface area contributed by atoms with Gasteiger partial charge in [-0.15, -0.1) is 0 Å². The molecule has 30 heavy (non-hydrogen) atoms. The number of urea groups is 1. The number of Topliss-reactive ketones (excluding diaryl/α,β-unsaturated/α-hetero) is 1. The molecule has 6 nitrogen and oxygen atoms in total. The summed E-state index contributed by atoms with van der Waals surface area (Å²) in [5, 5.41) is 0. The van der Waals surface area contributed by atoms with Crippen LogP contribution in [-0.4, -0.2) is 51.2 Å². The van der Waals surface area contributed by atoms with E-state index in [1.807, 2.05) is 0 Å². The van der Waals surface area contributed by atoms with Crippen LogP contribution in [0.4, 0.5) is 18.0 Å². The number of hydrogen-bond donors (Lipinski definition) is 0. The maximum atomic E-state index is 13.1. The second-order valence-corrected chi connectivity index (χ2v) is 7.71. The van der Waals surface area contributed by atoms with Crippen molar-refractivity contribution in [2.75, 3.05) is 13.1 Å². The van der Waals surface area contributed by atoms with Crippen LogP contribution in [0.15, 0.2) is 30.3 Å². The topological polar surface area (TPSA) is 62.6 Å². The molecule has 0 spiro atoms. The molecule has 2 aliphatic rings. The molecule has 3 amide bonds. The van der Waals surface area contributed by atoms with Gasteiger partial charge >= 0.3 is 12.2 Å². The van der Waals surface area contributed by atoms with Gasteiger partial charge in [-0.1, -0.05) is 6.07 Å². The zero-order valence-electron chi connectivity index (χ0n) is 16.5. The molecule has 9 heteroatoms. The van der Waals surface area contributed by atoms with Gasteiger partial charge in [0, 0.05) is 28.7 Å². The van der Waals surface area contributed by atoms with Crippen molar-refractivity contribution in [2.24, 2.45) is 0 Å². The molecule has 0 bridgehead atoms. The van der Waals surface area contributed by atoms with E-state index in [0.29, 0.717) is 11.4 Å². The van der Waals surface area contributed by atoms with Gasteiger partial charge in [-0.2, -0.15) is 13.2 Å². The van der Waals surface area contributed by atoms with Crippen LogP contribution in [0.1, 0.15) is 40.2 Å². The summed E-state index contributed by atoms with van der Waals surface area (Å²) in [7, 11) is 0. The van der Waals surface area contributed by atoms with Crippen molar-refractivity contribution in [1.29, 1.82) is 0 Å². The summed E-state index contributed by atoms with van der Waals surface area (Å²) in [6, 6.07) is 6.04. The number of benzene rings is 1. The summed E-state index contributed by atoms with van der Waals surface area (Å²) in [5.74, 6) is -0.840. The lowest BCUT2D eigenvalue weighted by atomic mass is 10.1. The second kappa shape index (κ2) is 7.00. The third-order valence-electron chi connectivity index (χ3n) is 5.54. The molecule has 1 aromatic carbocycles. The summed E-state index contributed by atoms with van der Waals surface area (Å²) >= 11 is 0. The molecule has 0 unspecified atom stereocenters. The fourth-order valence-corrected chi connectivity index (χ4v) is 3.88. The molecular weight excluding hydrogens is 399 g/mol. The Kier molecular flexibility index (Phi) is 4.71. The Morgan fingerprint density at radius 3 is 2.47 bits per heavy atom. The number of rotatable bonds is 5. The predicted molar refractivity (Wildman–Crippen MR) is 101 cm³/mol. The Hall–Kier alpha value is -3.10. The van der Waals surface area contributed by atoms with E-state index in [-0.39, 0.29) is 30.4 Å². The van der Waals surface area contributed by atoms with Crippen LogP contribution in [0, 0.1) is 13.8 Å². The van der Waals surface area contributed by atoms with Crippen molar-refractivity contribution >= 4 is 17.7 Å². The number of nitrogens with zero attached hydrogens (tertiary/aromatic N) is 3. The van der Waals surface area contributed by atoms with E-state index in [4.69, 9.17) is 0 Å². The number of halogens is 3. The molecule has 2 aromatic rings. The Balaban J connectivity index is 1.60. The van der Waals surface area contributed by atoms with Crippen molar-refractivity contribution < 1.29 is 27.6 Å². The van der Waals surface area contributed by atoms with Gasteiger partial charge in [0.15, 0.2) is 5.78 Å². The Labute approximate surface area is 170 Å². The molecule has 0 N–H and O–H groups in total. The first-order chi connectivity index (χ1) is 14.1. The SMILES string of the molecule is Cc1cc(C(=O)CN2C(=O)CN(C3CC3)C2=O)c(C)n1-c1cccc(C(F)(F)F)c1. The van der Waals surface area contributed by atoms with E-state index < -0.39 is 29.5 Å². The first-order valence-electron chi connectivity index (χ1n) is 9.58. The molecule has 158 valence electrons. The molecule has 2 heterocycles. The van der Waals surface area contributed by atoms with Crippen LogP contribution in [0.3, 0.4) is 0 Å². The average Bonchev–Trinajstić information content (AvgIpc) is 3.42. The Morgan fingerprint density at radius 1 is 1.13 bits per heavy atom. The maximum absolute atomic E-state index is 13.1. The number of aromatic nitrogens is 1. The normalized spacial score (nSPS) is 17.2. The smallest absolute Gasteiger partial charge is 0.318 e. The third-order valence-corrected chi connectivity index (χ3v) is 5.54. The van der Waals surface area contributed by atoms with E-state index in [1.54, 1.807) is 24.5 Å². The summed E-state index contributed by atoms with van der Waals surface area (Å²) in [5.41, 5.74) is 0.806. The standard InChI is InChI=1S/C21H20F3N3O3/c1-12-8-17(13(2)27(12)16-5-3-4-14(9-16)21(22,23)24)18(28)10-26-19(29)11-25(20(26)30)15-6-7-15/h3-5,8-9,15H,6-7,10-11H2,1-2H3. The predicted octanol–water partition coefficient (Wildman–Crippen LogP) is 3.72. The van der Waals surface area contributed by atoms with Crippen molar-refractivity contribution in [3.63, 3.8) is 0 Å². The number of aryl methyl sites for hydroxylation is 1. The molecule has 2 fully saturated rings. The quantitative estimate of drug-likeness (QED) is 0.548. The number of hydrogen-bond acceptors (Lipinski definition) is 3. The Morgan fingerprint density at radius 2 is 1.83 bits per heavy atom. The number of imide groups is 1. The highest BCUT2D eigenvalue weighted by Crippen LogP contribution is 2.32. The van der Waals surface area contributed by atoms with Gasteiger partial charge in [0.1, 0.15) is 6.54 Å². The van der Waals surface area contributed by atoms with Gasteiger partial charge < -0.3 is 9.47 Å². The maximum Gasteiger partial charge on any atom is 0.416 e. The summed E-state index contributed by atoms with van der Waals surface area (Å²) in [6.45, 7) is 2.92. The fraction of sp³-hybridized carbons (Fsp3) is 0.381. The fourth-order valence-electron chi connectivity index (χ4n) is 3.88. The molecular formula is C21H20F3N3O3. The van der Waals surface area contributed by atoms with E-state index in [2.05, 4.69) is 0 Å². The van der Waals surface area contributed by atoms with Crippen molar-refractivity contribution in [3.05, 3.63) is 52.8 Å². The lowest BCUT2D eigenvalue weighted by Gasteiger charge is -2.16. The minimum absolute atomic E-state index is 0.0139. The second-order valence-electron chi connectivity index (χ2n) is 7.71. The van der Waals surface area contributed by atoms with Gasteiger partial charge in [0.25, 0.3) is 5.91 Å². The van der Waals surface area contributed by atoms with Crippen LogP contribution in [0.25, 0.3) is 5.69 Å². The molecule has 0 atom stereocenters. The van der Waals surface area contributed by atoms with Gasteiger partial charge in [-0.3, -0.25) is 14.5 Å². The highest BCUT2D eigenvalue weighted by molar-refractivity contribution is 6.08. The highest BCUT2D eigenvalue weighted by Gasteiger charge is 2.44. The number of carbonyl (C=O) groups excluding carboxylic acids is 3. The summed E-state index contributed by atoms with van der Waals surface area (Å²) < 4.78 is 40.8. The number of carbonyl (C=O) groups is 3. The van der Waals surface area contributed by atoms with Gasteiger partial charge in [0.2, 0.25) is 0 Å². The average molecular weight is 419 g/mol. The van der Waals surface area contributed by atoms with Crippen molar-refractivity contribution in [1.82, 2.24) is 14.4 Å². The summed E-state index contributed by atoms with van der Waals surface area (Å²) in [4.78, 5) is 40.0. The minimum Gasteiger partial charge on any atom is -0.318 e. The first-order valence-corrected chi connectivity index (χ1v) is 9.58. The van der Waals surface area contributed by atoms with Crippen LogP contribution in [0.2, 0.25) is 0 Å². The number of alkyl halides is 3. The number of amides is 3. The first kappa shape index (κ1) is 20.2. The van der Waals surface area contributed by atoms with E-state index in [9.17, 15) is 27.6 Å². The molecule has 1 saturated heterocycles. The molecule has 1 aliphatic heterocycles. The lowest BCUT2D eigenvalue weighted by Crippen LogP contribution is -2.37. The molecule has 1 aliphatic carbocycles. The van der Waals surface area contributed by atoms with E-state index in [0.717, 1.165) is 29.9 Å². The summed E-state index contributed by atoms with van der Waals surface area (Å²) in [6.07, 6.45) is -2.76. The van der Waals surface area contributed by atoms with Crippen LogP contribution in [-0.2, 0) is 11.0 Å². The minimum atomic E-state index is -4.48. The third kappa shape index (κ3) is 3.48. The molecule has 0 radical (unpaired) electrons. The lowest BCUT2D eigenvalue weighted by molar-refractivity contribution is -0.137. The van der Waals surface area contributed by atoms with Gasteiger partial charge in [-0.05, 0) is 51.0 Å². The monoisotopic (exact) mass is 419 g/mol. The zero-order chi connectivity index (χ0) is 21.8. The Bertz CT molecular complexity index is 1050. The van der Waals surface area contributed by atoms with Crippen LogP contribution >= 0.6 is 0 Å². The van der Waals surface area contributed by atoms with E-state index in [1.165, 1.54) is 17.0 Å². The molecule has 4 rings (SSSR count). The number of ketones is 1. The zero-order valence-corrected chi connectivity index (χ0v) is 16.5.